The fourth-order valence-corrected chi connectivity index (χ4v) is 4.17. The standard InChI is InChI=1S/C16H24N4O.C16H20N4O/c2*1-3-4-9-18-15-13-10-12(6-5-11(2)21)7-8-14(13)19-16(17)20-15/h7-8,10-11,21H,3-6,9H2,1-2H3,(H3,17,18,19,20);7-8,10-11,21H,3-4,9H2,1-2H3,(H3,17,18,19,20). The molecule has 42 heavy (non-hydrogen) atoms. The van der Waals surface area contributed by atoms with Crippen LogP contribution in [0.3, 0.4) is 0 Å². The van der Waals surface area contributed by atoms with Gasteiger partial charge in [0, 0.05) is 29.4 Å². The Morgan fingerprint density at radius 3 is 1.86 bits per heavy atom. The summed E-state index contributed by atoms with van der Waals surface area (Å²) in [6.07, 6.45) is 5.05. The molecule has 0 aliphatic heterocycles. The maximum atomic E-state index is 9.41. The molecular weight excluding hydrogens is 528 g/mol. The maximum Gasteiger partial charge on any atom is 0.222 e. The van der Waals surface area contributed by atoms with Crippen LogP contribution in [0.5, 0.6) is 0 Å². The number of hydrogen-bond donors (Lipinski definition) is 6. The van der Waals surface area contributed by atoms with Gasteiger partial charge < -0.3 is 32.3 Å². The highest BCUT2D eigenvalue weighted by Gasteiger charge is 2.09. The van der Waals surface area contributed by atoms with Crippen LogP contribution in [-0.2, 0) is 6.42 Å². The van der Waals surface area contributed by atoms with Gasteiger partial charge in [0.05, 0.1) is 17.1 Å². The molecule has 0 saturated heterocycles. The van der Waals surface area contributed by atoms with Crippen LogP contribution in [0.25, 0.3) is 21.8 Å². The highest BCUT2D eigenvalue weighted by atomic mass is 16.3. The smallest absolute Gasteiger partial charge is 0.222 e. The molecule has 0 radical (unpaired) electrons. The zero-order chi connectivity index (χ0) is 30.5. The third-order valence-electron chi connectivity index (χ3n) is 6.41. The van der Waals surface area contributed by atoms with E-state index in [1.165, 1.54) is 5.56 Å². The lowest BCUT2D eigenvalue weighted by Crippen LogP contribution is -2.07. The summed E-state index contributed by atoms with van der Waals surface area (Å²) in [6.45, 7) is 9.45. The molecule has 4 aromatic rings. The second-order valence-corrected chi connectivity index (χ2v) is 10.3. The van der Waals surface area contributed by atoms with E-state index in [2.05, 4.69) is 62.3 Å². The molecule has 2 unspecified atom stereocenters. The molecule has 10 nitrogen and oxygen atoms in total. The maximum absolute atomic E-state index is 9.41. The summed E-state index contributed by atoms with van der Waals surface area (Å²) >= 11 is 0. The third kappa shape index (κ3) is 10.0. The number of unbranched alkanes of at least 4 members (excludes halogenated alkanes) is 2. The first-order valence-electron chi connectivity index (χ1n) is 14.7. The summed E-state index contributed by atoms with van der Waals surface area (Å²) in [6, 6.07) is 11.7. The molecule has 0 saturated carbocycles. The average Bonchev–Trinajstić information content (AvgIpc) is 2.95. The van der Waals surface area contributed by atoms with E-state index in [9.17, 15) is 10.2 Å². The van der Waals surface area contributed by atoms with E-state index < -0.39 is 6.10 Å². The highest BCUT2D eigenvalue weighted by molar-refractivity contribution is 5.91. The first-order chi connectivity index (χ1) is 20.2. The van der Waals surface area contributed by atoms with Gasteiger partial charge in [-0.3, -0.25) is 0 Å². The van der Waals surface area contributed by atoms with Gasteiger partial charge in [0.15, 0.2) is 0 Å². The molecule has 0 spiro atoms. The van der Waals surface area contributed by atoms with E-state index in [0.29, 0.717) is 5.95 Å². The molecule has 2 aromatic carbocycles. The molecule has 2 atom stereocenters. The summed E-state index contributed by atoms with van der Waals surface area (Å²) in [5.41, 5.74) is 15.1. The number of nitrogens with one attached hydrogen (secondary N) is 2. The van der Waals surface area contributed by atoms with Gasteiger partial charge in [-0.25, -0.2) is 9.97 Å². The Kier molecular flexibility index (Phi) is 12.5. The van der Waals surface area contributed by atoms with Crippen molar-refractivity contribution in [1.29, 1.82) is 0 Å². The van der Waals surface area contributed by atoms with Gasteiger partial charge >= 0.3 is 0 Å². The Labute approximate surface area is 248 Å². The van der Waals surface area contributed by atoms with E-state index in [1.807, 2.05) is 37.3 Å². The minimum Gasteiger partial charge on any atom is -0.393 e. The lowest BCUT2D eigenvalue weighted by molar-refractivity contribution is 0.185. The van der Waals surface area contributed by atoms with Crippen molar-refractivity contribution >= 4 is 45.3 Å². The Morgan fingerprint density at radius 2 is 1.33 bits per heavy atom. The van der Waals surface area contributed by atoms with Gasteiger partial charge in [-0.2, -0.15) is 9.97 Å². The molecule has 10 heteroatoms. The predicted octanol–water partition coefficient (Wildman–Crippen LogP) is 4.89. The monoisotopic (exact) mass is 572 g/mol. The van der Waals surface area contributed by atoms with Crippen LogP contribution in [-0.4, -0.2) is 55.4 Å². The number of nitrogen functional groups attached to an aromatic ring is 2. The number of aromatic nitrogens is 4. The normalized spacial score (nSPS) is 12.1. The number of rotatable bonds is 11. The largest absolute Gasteiger partial charge is 0.393 e. The number of aliphatic hydroxyl groups is 2. The van der Waals surface area contributed by atoms with Crippen molar-refractivity contribution in [2.75, 3.05) is 35.2 Å². The van der Waals surface area contributed by atoms with E-state index in [-0.39, 0.29) is 12.1 Å². The highest BCUT2D eigenvalue weighted by Crippen LogP contribution is 2.24. The molecule has 0 aliphatic rings. The third-order valence-corrected chi connectivity index (χ3v) is 6.41. The van der Waals surface area contributed by atoms with Crippen molar-refractivity contribution in [3.63, 3.8) is 0 Å². The second-order valence-electron chi connectivity index (χ2n) is 10.3. The summed E-state index contributed by atoms with van der Waals surface area (Å²) in [5.74, 6) is 7.73. The van der Waals surface area contributed by atoms with Gasteiger partial charge in [0.2, 0.25) is 11.9 Å². The Hall–Kier alpha value is -4.20. The summed E-state index contributed by atoms with van der Waals surface area (Å²) in [5, 5.41) is 27.2. The van der Waals surface area contributed by atoms with Crippen molar-refractivity contribution in [3.8, 4) is 11.8 Å². The minimum atomic E-state index is -0.648. The molecule has 0 fully saturated rings. The number of hydrogen-bond acceptors (Lipinski definition) is 10. The zero-order valence-electron chi connectivity index (χ0n) is 25.1. The van der Waals surface area contributed by atoms with Crippen LogP contribution in [0.1, 0.15) is 70.9 Å². The Morgan fingerprint density at radius 1 is 0.786 bits per heavy atom. The van der Waals surface area contributed by atoms with Gasteiger partial charge in [0.25, 0.3) is 0 Å². The molecule has 8 N–H and O–H groups in total. The molecule has 2 aromatic heterocycles. The van der Waals surface area contributed by atoms with Gasteiger partial charge in [-0.1, -0.05) is 44.6 Å². The first-order valence-corrected chi connectivity index (χ1v) is 14.7. The minimum absolute atomic E-state index is 0.254. The van der Waals surface area contributed by atoms with Crippen molar-refractivity contribution in [3.05, 3.63) is 47.5 Å². The number of anilines is 4. The fourth-order valence-electron chi connectivity index (χ4n) is 4.17. The Bertz CT molecular complexity index is 1510. The molecular formula is C32H44N8O2. The molecule has 0 amide bonds. The summed E-state index contributed by atoms with van der Waals surface area (Å²) in [4.78, 5) is 17.1. The number of nitrogens with two attached hydrogens (primary N) is 2. The van der Waals surface area contributed by atoms with Gasteiger partial charge in [-0.05, 0) is 75.4 Å². The number of aryl methyl sites for hydroxylation is 1. The molecule has 0 aliphatic carbocycles. The lowest BCUT2D eigenvalue weighted by Gasteiger charge is -2.11. The number of fused-ring (bicyclic) bond motifs is 2. The predicted molar refractivity (Wildman–Crippen MR) is 173 cm³/mol. The summed E-state index contributed by atoms with van der Waals surface area (Å²) < 4.78 is 0. The fraction of sp³-hybridized carbons (Fsp3) is 0.438. The second kappa shape index (κ2) is 16.3. The van der Waals surface area contributed by atoms with Gasteiger partial charge in [0.1, 0.15) is 17.7 Å². The van der Waals surface area contributed by atoms with Crippen molar-refractivity contribution in [2.24, 2.45) is 0 Å². The molecule has 224 valence electrons. The Balaban J connectivity index is 0.000000230. The SMILES string of the molecule is CCCCNc1nc(N)nc2ccc(C#CC(C)O)cc12.CCCCNc1nc(N)nc2ccc(CCC(C)O)cc12. The van der Waals surface area contributed by atoms with E-state index in [1.54, 1.807) is 6.92 Å². The van der Waals surface area contributed by atoms with Crippen molar-refractivity contribution < 1.29 is 10.2 Å². The first kappa shape index (κ1) is 32.3. The van der Waals surface area contributed by atoms with Gasteiger partial charge in [-0.15, -0.1) is 0 Å². The van der Waals surface area contributed by atoms with Crippen LogP contribution in [0.2, 0.25) is 0 Å². The van der Waals surface area contributed by atoms with Crippen LogP contribution in [0, 0.1) is 11.8 Å². The van der Waals surface area contributed by atoms with Crippen LogP contribution < -0.4 is 22.1 Å². The topological polar surface area (TPSA) is 168 Å². The molecule has 4 rings (SSSR count). The average molecular weight is 573 g/mol. The zero-order valence-corrected chi connectivity index (χ0v) is 25.1. The van der Waals surface area contributed by atoms with Crippen LogP contribution in [0.15, 0.2) is 36.4 Å². The van der Waals surface area contributed by atoms with Crippen molar-refractivity contribution in [2.45, 2.75) is 78.4 Å². The molecule has 2 heterocycles. The number of aliphatic hydroxyl groups excluding tert-OH is 2. The van der Waals surface area contributed by atoms with E-state index in [0.717, 1.165) is 90.6 Å². The molecule has 0 bridgehead atoms. The number of nitrogens with zero attached hydrogens (tertiary/aromatic N) is 4. The van der Waals surface area contributed by atoms with E-state index >= 15 is 0 Å². The summed E-state index contributed by atoms with van der Waals surface area (Å²) in [7, 11) is 0. The quantitative estimate of drug-likeness (QED) is 0.107. The van der Waals surface area contributed by atoms with Crippen molar-refractivity contribution in [1.82, 2.24) is 19.9 Å². The van der Waals surface area contributed by atoms with Crippen LogP contribution in [0.4, 0.5) is 23.5 Å². The van der Waals surface area contributed by atoms with Crippen LogP contribution >= 0.6 is 0 Å². The van der Waals surface area contributed by atoms with E-state index in [4.69, 9.17) is 11.5 Å². The lowest BCUT2D eigenvalue weighted by atomic mass is 10.0. The number of benzene rings is 2.